The van der Waals surface area contributed by atoms with Crippen molar-refractivity contribution in [2.45, 2.75) is 38.5 Å². The molecule has 0 fully saturated rings. The number of rotatable bonds is 7. The SMILES string of the molecule is C=C/C=C\[C@H]1C=CC=C(N(c2ccc(C3=CCC4C(=C3)C(C)(C)c3ccccc34)cc2)c2ccc(-c3cccc4c3sc3ccccc34)cc2)C1C. The second-order valence-corrected chi connectivity index (χ2v) is 16.0. The first-order chi connectivity index (χ1) is 25.4. The van der Waals surface area contributed by atoms with E-state index in [-0.39, 0.29) is 17.3 Å². The van der Waals surface area contributed by atoms with Crippen LogP contribution in [0.3, 0.4) is 0 Å². The van der Waals surface area contributed by atoms with Crippen molar-refractivity contribution in [2.24, 2.45) is 11.8 Å². The highest BCUT2D eigenvalue weighted by Gasteiger charge is 2.42. The van der Waals surface area contributed by atoms with Crippen LogP contribution in [0.2, 0.25) is 0 Å². The third-order valence-electron chi connectivity index (χ3n) is 11.7. The van der Waals surface area contributed by atoms with Crippen molar-refractivity contribution >= 4 is 48.5 Å². The molecule has 3 aliphatic rings. The quantitative estimate of drug-likeness (QED) is 0.151. The summed E-state index contributed by atoms with van der Waals surface area (Å²) in [5.74, 6) is 1.05. The van der Waals surface area contributed by atoms with Crippen molar-refractivity contribution in [3.8, 4) is 11.1 Å². The normalized spacial score (nSPS) is 20.4. The number of fused-ring (bicyclic) bond motifs is 6. The van der Waals surface area contributed by atoms with Crippen LogP contribution in [-0.4, -0.2) is 0 Å². The number of thiophene rings is 1. The molecule has 9 rings (SSSR count). The fourth-order valence-corrected chi connectivity index (χ4v) is 10.1. The summed E-state index contributed by atoms with van der Waals surface area (Å²) in [7, 11) is 0. The van der Waals surface area contributed by atoms with E-state index < -0.39 is 0 Å². The summed E-state index contributed by atoms with van der Waals surface area (Å²) in [6, 6.07) is 42.9. The molecule has 52 heavy (non-hydrogen) atoms. The molecule has 0 amide bonds. The lowest BCUT2D eigenvalue weighted by Gasteiger charge is -2.35. The zero-order valence-electron chi connectivity index (χ0n) is 30.1. The predicted octanol–water partition coefficient (Wildman–Crippen LogP) is 14.1. The Morgan fingerprint density at radius 1 is 0.788 bits per heavy atom. The molecule has 1 aromatic heterocycles. The Hall–Kier alpha value is -5.44. The molecule has 254 valence electrons. The minimum Gasteiger partial charge on any atom is -0.314 e. The van der Waals surface area contributed by atoms with Gasteiger partial charge in [-0.05, 0) is 76.2 Å². The van der Waals surface area contributed by atoms with Gasteiger partial charge in [-0.25, -0.2) is 0 Å². The number of allylic oxidation sites excluding steroid dienone is 11. The van der Waals surface area contributed by atoms with Crippen LogP contribution >= 0.6 is 11.3 Å². The van der Waals surface area contributed by atoms with E-state index in [1.54, 1.807) is 0 Å². The lowest BCUT2D eigenvalue weighted by atomic mass is 9.77. The van der Waals surface area contributed by atoms with Crippen LogP contribution < -0.4 is 4.90 Å². The first-order valence-electron chi connectivity index (χ1n) is 18.5. The van der Waals surface area contributed by atoms with Crippen LogP contribution in [0.1, 0.15) is 49.8 Å². The summed E-state index contributed by atoms with van der Waals surface area (Å²) in [5.41, 5.74) is 13.3. The van der Waals surface area contributed by atoms with Gasteiger partial charge in [0.05, 0.1) is 0 Å². The molecule has 0 bridgehead atoms. The third-order valence-corrected chi connectivity index (χ3v) is 12.9. The monoisotopic (exact) mass is 689 g/mol. The molecule has 0 N–H and O–H groups in total. The van der Waals surface area contributed by atoms with Crippen molar-refractivity contribution in [2.75, 3.05) is 4.90 Å². The molecule has 2 unspecified atom stereocenters. The Morgan fingerprint density at radius 3 is 2.29 bits per heavy atom. The Balaban J connectivity index is 1.08. The van der Waals surface area contributed by atoms with Crippen molar-refractivity contribution in [1.29, 1.82) is 0 Å². The van der Waals surface area contributed by atoms with E-state index in [9.17, 15) is 0 Å². The van der Waals surface area contributed by atoms with Crippen molar-refractivity contribution < 1.29 is 0 Å². The van der Waals surface area contributed by atoms with Crippen LogP contribution in [0, 0.1) is 11.8 Å². The van der Waals surface area contributed by atoms with E-state index in [0.717, 1.165) is 12.1 Å². The Kier molecular flexibility index (Phi) is 8.09. The van der Waals surface area contributed by atoms with Gasteiger partial charge in [0.2, 0.25) is 0 Å². The van der Waals surface area contributed by atoms with Crippen LogP contribution in [0.15, 0.2) is 182 Å². The summed E-state index contributed by atoms with van der Waals surface area (Å²) in [4.78, 5) is 2.46. The van der Waals surface area contributed by atoms with E-state index in [0.29, 0.717) is 5.92 Å². The molecular formula is C50H43NS. The molecule has 6 aromatic rings. The molecule has 3 aliphatic carbocycles. The average molecular weight is 690 g/mol. The highest BCUT2D eigenvalue weighted by Crippen LogP contribution is 2.54. The Bertz CT molecular complexity index is 2500. The standard InChI is InChI=1S/C50H43NS/c1-5-6-13-34-14-11-20-47(33(34)2)51(39-29-24-36(25-30-39)40-17-12-18-44-43-16-8-10-21-48(43)52-49(40)44)38-27-22-35(23-28-38)37-26-31-42-41-15-7-9-19-45(41)50(3,4)46(42)32-37/h5-30,32-34,42H,1,31H2,2-4H3/b13-6-/t33?,34-,42?/m0/s1. The topological polar surface area (TPSA) is 3.24 Å². The second kappa shape index (κ2) is 13.0. The molecule has 1 heterocycles. The van der Waals surface area contributed by atoms with Gasteiger partial charge in [-0.2, -0.15) is 0 Å². The zero-order chi connectivity index (χ0) is 35.4. The van der Waals surface area contributed by atoms with Gasteiger partial charge in [0.15, 0.2) is 0 Å². The van der Waals surface area contributed by atoms with Gasteiger partial charge in [-0.15, -0.1) is 11.3 Å². The van der Waals surface area contributed by atoms with Gasteiger partial charge in [0, 0.05) is 60.4 Å². The molecule has 0 saturated heterocycles. The van der Waals surface area contributed by atoms with Crippen molar-refractivity contribution in [3.63, 3.8) is 0 Å². The molecule has 0 spiro atoms. The summed E-state index contributed by atoms with van der Waals surface area (Å²) in [5, 5.41) is 2.66. The van der Waals surface area contributed by atoms with Gasteiger partial charge in [-0.1, -0.05) is 160 Å². The number of nitrogens with zero attached hydrogens (tertiary/aromatic N) is 1. The number of hydrogen-bond donors (Lipinski definition) is 0. The van der Waals surface area contributed by atoms with Crippen LogP contribution in [-0.2, 0) is 5.41 Å². The maximum absolute atomic E-state index is 3.92. The summed E-state index contributed by atoms with van der Waals surface area (Å²) < 4.78 is 2.68. The second-order valence-electron chi connectivity index (χ2n) is 14.9. The molecular weight excluding hydrogens is 647 g/mol. The molecule has 0 radical (unpaired) electrons. The number of benzene rings is 5. The fourth-order valence-electron chi connectivity index (χ4n) is 8.86. The van der Waals surface area contributed by atoms with Gasteiger partial charge in [0.1, 0.15) is 0 Å². The number of anilines is 2. The largest absolute Gasteiger partial charge is 0.314 e. The van der Waals surface area contributed by atoms with E-state index in [4.69, 9.17) is 0 Å². The van der Waals surface area contributed by atoms with E-state index in [1.807, 2.05) is 17.4 Å². The van der Waals surface area contributed by atoms with E-state index >= 15 is 0 Å². The molecule has 2 heteroatoms. The number of hydrogen-bond acceptors (Lipinski definition) is 2. The Morgan fingerprint density at radius 2 is 1.50 bits per heavy atom. The third kappa shape index (κ3) is 5.36. The highest BCUT2D eigenvalue weighted by atomic mass is 32.1. The summed E-state index contributed by atoms with van der Waals surface area (Å²) in [6.07, 6.45) is 19.0. The zero-order valence-corrected chi connectivity index (χ0v) is 30.9. The molecule has 0 aliphatic heterocycles. The van der Waals surface area contributed by atoms with Gasteiger partial charge in [0.25, 0.3) is 0 Å². The highest BCUT2D eigenvalue weighted by molar-refractivity contribution is 7.26. The minimum absolute atomic E-state index is 0.0415. The molecule has 3 atom stereocenters. The smallest absolute Gasteiger partial charge is 0.0458 e. The molecule has 5 aromatic carbocycles. The predicted molar refractivity (Wildman–Crippen MR) is 225 cm³/mol. The van der Waals surface area contributed by atoms with E-state index in [2.05, 4.69) is 190 Å². The lowest BCUT2D eigenvalue weighted by Crippen LogP contribution is -2.26. The fraction of sp³-hybridized carbons (Fsp3) is 0.160. The first kappa shape index (κ1) is 32.5. The van der Waals surface area contributed by atoms with E-state index in [1.165, 1.54) is 70.5 Å². The van der Waals surface area contributed by atoms with Crippen LogP contribution in [0.4, 0.5) is 11.4 Å². The van der Waals surface area contributed by atoms with Crippen molar-refractivity contribution in [3.05, 3.63) is 198 Å². The maximum atomic E-state index is 3.92. The molecule has 1 nitrogen and oxygen atoms in total. The Labute approximate surface area is 312 Å². The average Bonchev–Trinajstić information content (AvgIpc) is 3.68. The van der Waals surface area contributed by atoms with Gasteiger partial charge < -0.3 is 4.90 Å². The van der Waals surface area contributed by atoms with Gasteiger partial charge in [-0.3, -0.25) is 0 Å². The first-order valence-corrected chi connectivity index (χ1v) is 19.3. The summed E-state index contributed by atoms with van der Waals surface area (Å²) >= 11 is 1.89. The van der Waals surface area contributed by atoms with Crippen molar-refractivity contribution in [1.82, 2.24) is 0 Å². The maximum Gasteiger partial charge on any atom is 0.0458 e. The molecule has 0 saturated carbocycles. The minimum atomic E-state index is 0.0415. The van der Waals surface area contributed by atoms with Crippen LogP contribution in [0.25, 0.3) is 36.9 Å². The lowest BCUT2D eigenvalue weighted by molar-refractivity contribution is 0.561. The van der Waals surface area contributed by atoms with Crippen LogP contribution in [0.5, 0.6) is 0 Å². The van der Waals surface area contributed by atoms with Gasteiger partial charge >= 0.3 is 0 Å². The summed E-state index contributed by atoms with van der Waals surface area (Å²) in [6.45, 7) is 11.0.